The minimum Gasteiger partial charge on any atom is -0.388 e. The van der Waals surface area contributed by atoms with Gasteiger partial charge in [0.25, 0.3) is 0 Å². The van der Waals surface area contributed by atoms with Crippen molar-refractivity contribution in [1.82, 2.24) is 10.2 Å². The predicted molar refractivity (Wildman–Crippen MR) is 114 cm³/mol. The monoisotopic (exact) mass is 460 g/mol. The lowest BCUT2D eigenvalue weighted by molar-refractivity contribution is -0.205. The van der Waals surface area contributed by atoms with Crippen LogP contribution in [0.25, 0.3) is 0 Å². The lowest BCUT2D eigenvalue weighted by Gasteiger charge is -2.44. The molecule has 0 bridgehead atoms. The summed E-state index contributed by atoms with van der Waals surface area (Å²) in [6.07, 6.45) is -0.0980. The Hall–Kier alpha value is 0.200. The number of rotatable bonds is 7. The summed E-state index contributed by atoms with van der Waals surface area (Å²) in [4.78, 5) is 14.9. The van der Waals surface area contributed by atoms with Crippen molar-refractivity contribution in [1.29, 1.82) is 0 Å². The van der Waals surface area contributed by atoms with Crippen LogP contribution in [0.5, 0.6) is 0 Å². The van der Waals surface area contributed by atoms with Crippen LogP contribution in [0.4, 0.5) is 0 Å². The maximum atomic E-state index is 12.9. The standard InChI is InChI=1S/C18H33ClN2O5S.ClH/c1-5-6-10-7-11(21(3)8-10)17(25)20-12(9(2)19)16-14(23)13(22)15(24)18(26-16)27-4;/h9-16,18,22-24H,5-8H2,1-4H3,(H,20,25);1H/t9?,10-,11+,12?,13+,14-,15-,16?,18-;/m1./s1. The number of likely N-dealkylation sites (N-methyl/N-ethyl adjacent to an activating group) is 1. The van der Waals surface area contributed by atoms with E-state index >= 15 is 0 Å². The minimum atomic E-state index is -1.36. The van der Waals surface area contributed by atoms with Gasteiger partial charge >= 0.3 is 0 Å². The topological polar surface area (TPSA) is 102 Å². The van der Waals surface area contributed by atoms with E-state index in [-0.39, 0.29) is 24.4 Å². The number of halogens is 2. The normalized spacial score (nSPS) is 38.5. The summed E-state index contributed by atoms with van der Waals surface area (Å²) in [5.41, 5.74) is -0.702. The first kappa shape index (κ1) is 26.2. The quantitative estimate of drug-likeness (QED) is 0.416. The van der Waals surface area contributed by atoms with E-state index in [1.807, 2.05) is 11.9 Å². The summed E-state index contributed by atoms with van der Waals surface area (Å²) in [7, 11) is 1.94. The van der Waals surface area contributed by atoms with Gasteiger partial charge < -0.3 is 25.4 Å². The Balaban J connectivity index is 0.00000392. The Morgan fingerprint density at radius 1 is 1.32 bits per heavy atom. The zero-order valence-corrected chi connectivity index (χ0v) is 19.2. The molecule has 0 aromatic carbocycles. The molecule has 0 aromatic heterocycles. The van der Waals surface area contributed by atoms with Gasteiger partial charge in [-0.2, -0.15) is 0 Å². The number of carbonyl (C=O) groups is 1. The number of ether oxygens (including phenoxy) is 1. The van der Waals surface area contributed by atoms with Crippen molar-refractivity contribution in [2.45, 2.75) is 80.4 Å². The van der Waals surface area contributed by atoms with Crippen LogP contribution in [-0.2, 0) is 9.53 Å². The van der Waals surface area contributed by atoms with Gasteiger partial charge in [-0.1, -0.05) is 13.3 Å². The minimum absolute atomic E-state index is 0. The second kappa shape index (κ2) is 11.6. The molecular weight excluding hydrogens is 427 g/mol. The Labute approximate surface area is 182 Å². The van der Waals surface area contributed by atoms with Crippen molar-refractivity contribution in [3.8, 4) is 0 Å². The van der Waals surface area contributed by atoms with Crippen molar-refractivity contribution in [2.75, 3.05) is 19.8 Å². The molecule has 2 heterocycles. The van der Waals surface area contributed by atoms with Crippen LogP contribution in [-0.4, -0.2) is 93.3 Å². The lowest BCUT2D eigenvalue weighted by atomic mass is 9.92. The molecule has 0 saturated carbocycles. The average molecular weight is 461 g/mol. The first-order chi connectivity index (χ1) is 12.7. The van der Waals surface area contributed by atoms with Gasteiger partial charge in [-0.15, -0.1) is 35.8 Å². The van der Waals surface area contributed by atoms with E-state index in [9.17, 15) is 20.1 Å². The molecule has 4 N–H and O–H groups in total. The summed E-state index contributed by atoms with van der Waals surface area (Å²) < 4.78 is 5.79. The summed E-state index contributed by atoms with van der Waals surface area (Å²) >= 11 is 7.55. The van der Waals surface area contributed by atoms with Crippen LogP contribution in [0.3, 0.4) is 0 Å². The second-order valence-electron chi connectivity index (χ2n) is 7.73. The number of amides is 1. The first-order valence-electron chi connectivity index (χ1n) is 9.58. The van der Waals surface area contributed by atoms with Crippen LogP contribution in [0, 0.1) is 5.92 Å². The van der Waals surface area contributed by atoms with Gasteiger partial charge in [0.15, 0.2) is 0 Å². The van der Waals surface area contributed by atoms with Gasteiger partial charge in [-0.3, -0.25) is 9.69 Å². The summed E-state index contributed by atoms with van der Waals surface area (Å²) in [5, 5.41) is 33.0. The van der Waals surface area contributed by atoms with Crippen molar-refractivity contribution in [3.05, 3.63) is 0 Å². The number of hydrogen-bond acceptors (Lipinski definition) is 7. The van der Waals surface area contributed by atoms with Crippen LogP contribution < -0.4 is 5.32 Å². The van der Waals surface area contributed by atoms with E-state index < -0.39 is 41.3 Å². The molecule has 1 amide bonds. The Bertz CT molecular complexity index is 503. The zero-order valence-electron chi connectivity index (χ0n) is 16.8. The number of nitrogens with zero attached hydrogens (tertiary/aromatic N) is 1. The van der Waals surface area contributed by atoms with Crippen LogP contribution in [0.2, 0.25) is 0 Å². The van der Waals surface area contributed by atoms with E-state index in [1.165, 1.54) is 11.8 Å². The highest BCUT2D eigenvalue weighted by Gasteiger charge is 2.48. The molecule has 3 unspecified atom stereocenters. The SMILES string of the molecule is CCC[C@@H]1C[C@@H](C(=O)NC(C(C)Cl)C2O[C@H](SC)[C@H](O)[C@@H](O)[C@H]2O)N(C)C1.Cl. The number of alkyl halides is 1. The number of nitrogens with one attached hydrogen (secondary N) is 1. The highest BCUT2D eigenvalue weighted by molar-refractivity contribution is 7.99. The Morgan fingerprint density at radius 2 is 1.96 bits per heavy atom. The van der Waals surface area contributed by atoms with Crippen LogP contribution >= 0.6 is 35.8 Å². The van der Waals surface area contributed by atoms with Gasteiger partial charge in [-0.25, -0.2) is 0 Å². The van der Waals surface area contributed by atoms with Gasteiger partial charge in [0.2, 0.25) is 5.91 Å². The number of aliphatic hydroxyl groups excluding tert-OH is 3. The van der Waals surface area contributed by atoms with Gasteiger partial charge in [0, 0.05) is 6.54 Å². The fraction of sp³-hybridized carbons (Fsp3) is 0.944. The third kappa shape index (κ3) is 5.88. The molecule has 7 nitrogen and oxygen atoms in total. The molecule has 2 rings (SSSR count). The van der Waals surface area contributed by atoms with Gasteiger partial charge in [0.1, 0.15) is 29.9 Å². The number of carbonyl (C=O) groups excluding carboxylic acids is 1. The van der Waals surface area contributed by atoms with E-state index in [2.05, 4.69) is 12.2 Å². The maximum Gasteiger partial charge on any atom is 0.237 e. The van der Waals surface area contributed by atoms with Crippen molar-refractivity contribution in [3.63, 3.8) is 0 Å². The van der Waals surface area contributed by atoms with Gasteiger partial charge in [0.05, 0.1) is 17.5 Å². The molecule has 28 heavy (non-hydrogen) atoms. The molecule has 10 heteroatoms. The molecule has 166 valence electrons. The van der Waals surface area contributed by atoms with E-state index in [0.717, 1.165) is 25.8 Å². The first-order valence-corrected chi connectivity index (χ1v) is 11.3. The predicted octanol–water partition coefficient (Wildman–Crippen LogP) is 0.811. The maximum absolute atomic E-state index is 12.9. The largest absolute Gasteiger partial charge is 0.388 e. The molecule has 0 aliphatic carbocycles. The number of likely N-dealkylation sites (tertiary alicyclic amines) is 1. The molecule has 0 spiro atoms. The zero-order chi connectivity index (χ0) is 20.3. The third-order valence-electron chi connectivity index (χ3n) is 5.63. The third-order valence-corrected chi connectivity index (χ3v) is 6.76. The Kier molecular flexibility index (Phi) is 10.8. The molecule has 0 radical (unpaired) electrons. The molecular formula is C18H34Cl2N2O5S. The lowest BCUT2D eigenvalue weighted by Crippen LogP contribution is -2.65. The van der Waals surface area contributed by atoms with Crippen molar-refractivity contribution < 1.29 is 24.9 Å². The van der Waals surface area contributed by atoms with E-state index in [1.54, 1.807) is 13.2 Å². The van der Waals surface area contributed by atoms with Crippen LogP contribution in [0.15, 0.2) is 0 Å². The van der Waals surface area contributed by atoms with Crippen molar-refractivity contribution in [2.24, 2.45) is 5.92 Å². The smallest absolute Gasteiger partial charge is 0.237 e. The molecule has 0 aromatic rings. The highest BCUT2D eigenvalue weighted by Crippen LogP contribution is 2.31. The Morgan fingerprint density at radius 3 is 2.50 bits per heavy atom. The molecule has 2 saturated heterocycles. The second-order valence-corrected chi connectivity index (χ2v) is 9.36. The summed E-state index contributed by atoms with van der Waals surface area (Å²) in [6.45, 7) is 4.74. The van der Waals surface area contributed by atoms with E-state index in [4.69, 9.17) is 16.3 Å². The number of aliphatic hydroxyl groups is 3. The summed E-state index contributed by atoms with van der Waals surface area (Å²) in [6, 6.07) is -0.934. The molecule has 2 aliphatic rings. The molecule has 2 fully saturated rings. The molecule has 9 atom stereocenters. The highest BCUT2D eigenvalue weighted by atomic mass is 35.5. The van der Waals surface area contributed by atoms with Crippen LogP contribution in [0.1, 0.15) is 33.1 Å². The number of thioether (sulfide) groups is 1. The fourth-order valence-corrected chi connectivity index (χ4v) is 5.00. The van der Waals surface area contributed by atoms with E-state index in [0.29, 0.717) is 5.92 Å². The molecule has 2 aliphatic heterocycles. The van der Waals surface area contributed by atoms with Crippen molar-refractivity contribution >= 4 is 41.7 Å². The number of hydrogen-bond donors (Lipinski definition) is 4. The summed E-state index contributed by atoms with van der Waals surface area (Å²) in [5.74, 6) is 0.350. The van der Waals surface area contributed by atoms with Gasteiger partial charge in [-0.05, 0) is 39.0 Å². The fourth-order valence-electron chi connectivity index (χ4n) is 4.11. The average Bonchev–Trinajstić information content (AvgIpc) is 2.99.